The quantitative estimate of drug-likeness (QED) is 0.739. The molecule has 0 fully saturated rings. The summed E-state index contributed by atoms with van der Waals surface area (Å²) >= 11 is 0. The summed E-state index contributed by atoms with van der Waals surface area (Å²) in [6.07, 6.45) is 2.22. The van der Waals surface area contributed by atoms with Gasteiger partial charge < -0.3 is 10.6 Å². The molecule has 2 N–H and O–H groups in total. The maximum Gasteiger partial charge on any atom is 0.225 e. The van der Waals surface area contributed by atoms with Gasteiger partial charge in [0.05, 0.1) is 0 Å². The highest BCUT2D eigenvalue weighted by atomic mass is 16.1. The zero-order valence-corrected chi connectivity index (χ0v) is 10.2. The first-order chi connectivity index (χ1) is 8.11. The number of anilines is 2. The molecule has 0 aliphatic heterocycles. The lowest BCUT2D eigenvalue weighted by Crippen LogP contribution is -2.15. The first-order valence-corrected chi connectivity index (χ1v) is 5.60. The van der Waals surface area contributed by atoms with Crippen LogP contribution in [-0.2, 0) is 4.79 Å². The number of hydrogen-bond acceptors (Lipinski definition) is 4. The molecule has 92 valence electrons. The SMILES string of the molecule is C=CCNc1ccc(NC(=O)CC(C)C)nn1. The topological polar surface area (TPSA) is 66.9 Å². The molecule has 17 heavy (non-hydrogen) atoms. The standard InChI is InChI=1S/C12H18N4O/c1-4-7-13-10-5-6-11(16-15-10)14-12(17)8-9(2)3/h4-6,9H,1,7-8H2,2-3H3,(H,13,15)(H,14,16,17). The number of carbonyl (C=O) groups excluding carboxylic acids is 1. The molecule has 0 unspecified atom stereocenters. The first-order valence-electron chi connectivity index (χ1n) is 5.60. The maximum atomic E-state index is 11.5. The number of amides is 1. The summed E-state index contributed by atoms with van der Waals surface area (Å²) in [4.78, 5) is 11.5. The van der Waals surface area contributed by atoms with E-state index < -0.39 is 0 Å². The molecule has 5 nitrogen and oxygen atoms in total. The normalized spacial score (nSPS) is 10.1. The number of nitrogens with zero attached hydrogens (tertiary/aromatic N) is 2. The van der Waals surface area contributed by atoms with Crippen LogP contribution in [0.3, 0.4) is 0 Å². The fourth-order valence-corrected chi connectivity index (χ4v) is 1.23. The number of nitrogens with one attached hydrogen (secondary N) is 2. The van der Waals surface area contributed by atoms with Crippen LogP contribution in [0.25, 0.3) is 0 Å². The molecule has 1 aromatic heterocycles. The smallest absolute Gasteiger partial charge is 0.225 e. The Bertz CT molecular complexity index is 373. The van der Waals surface area contributed by atoms with Gasteiger partial charge in [0, 0.05) is 13.0 Å². The minimum absolute atomic E-state index is 0.0406. The highest BCUT2D eigenvalue weighted by Gasteiger charge is 2.06. The van der Waals surface area contributed by atoms with E-state index in [-0.39, 0.29) is 5.91 Å². The van der Waals surface area contributed by atoms with Gasteiger partial charge in [0.25, 0.3) is 0 Å². The summed E-state index contributed by atoms with van der Waals surface area (Å²) in [6, 6.07) is 3.48. The van der Waals surface area contributed by atoms with Crippen molar-refractivity contribution in [2.45, 2.75) is 20.3 Å². The van der Waals surface area contributed by atoms with Crippen LogP contribution in [-0.4, -0.2) is 22.6 Å². The Morgan fingerprint density at radius 1 is 1.41 bits per heavy atom. The minimum atomic E-state index is -0.0406. The summed E-state index contributed by atoms with van der Waals surface area (Å²) in [5, 5.41) is 13.5. The Morgan fingerprint density at radius 2 is 2.06 bits per heavy atom. The average Bonchev–Trinajstić information content (AvgIpc) is 2.27. The predicted molar refractivity (Wildman–Crippen MR) is 68.8 cm³/mol. The van der Waals surface area contributed by atoms with E-state index in [4.69, 9.17) is 0 Å². The molecule has 0 bridgehead atoms. The second kappa shape index (κ2) is 6.62. The molecule has 1 heterocycles. The largest absolute Gasteiger partial charge is 0.365 e. The molecule has 5 heteroatoms. The van der Waals surface area contributed by atoms with Gasteiger partial charge in [-0.1, -0.05) is 19.9 Å². The highest BCUT2D eigenvalue weighted by Crippen LogP contribution is 2.07. The van der Waals surface area contributed by atoms with Gasteiger partial charge in [-0.2, -0.15) is 0 Å². The Kier molecular flexibility index (Phi) is 5.13. The number of rotatable bonds is 6. The summed E-state index contributed by atoms with van der Waals surface area (Å²) in [6.45, 7) is 8.21. The zero-order valence-electron chi connectivity index (χ0n) is 10.2. The molecule has 0 atom stereocenters. The van der Waals surface area contributed by atoms with Crippen LogP contribution in [0.1, 0.15) is 20.3 Å². The van der Waals surface area contributed by atoms with Crippen molar-refractivity contribution in [3.63, 3.8) is 0 Å². The average molecular weight is 234 g/mol. The van der Waals surface area contributed by atoms with Crippen LogP contribution >= 0.6 is 0 Å². The van der Waals surface area contributed by atoms with Gasteiger partial charge in [-0.05, 0) is 18.1 Å². The van der Waals surface area contributed by atoms with E-state index in [1.807, 2.05) is 13.8 Å². The molecular weight excluding hydrogens is 216 g/mol. The van der Waals surface area contributed by atoms with Crippen LogP contribution in [0, 0.1) is 5.92 Å². The Balaban J connectivity index is 2.50. The lowest BCUT2D eigenvalue weighted by molar-refractivity contribution is -0.116. The van der Waals surface area contributed by atoms with Crippen molar-refractivity contribution in [3.8, 4) is 0 Å². The third-order valence-electron chi connectivity index (χ3n) is 1.95. The minimum Gasteiger partial charge on any atom is -0.365 e. The first kappa shape index (κ1) is 13.2. The zero-order chi connectivity index (χ0) is 12.7. The Hall–Kier alpha value is -1.91. The molecule has 0 radical (unpaired) electrons. The van der Waals surface area contributed by atoms with Crippen LogP contribution < -0.4 is 10.6 Å². The van der Waals surface area contributed by atoms with Crippen LogP contribution in [0.2, 0.25) is 0 Å². The van der Waals surface area contributed by atoms with Gasteiger partial charge in [0.2, 0.25) is 5.91 Å². The third kappa shape index (κ3) is 5.10. The second-order valence-electron chi connectivity index (χ2n) is 4.12. The number of carbonyl (C=O) groups is 1. The predicted octanol–water partition coefficient (Wildman–Crippen LogP) is 2.06. The maximum absolute atomic E-state index is 11.5. The van der Waals surface area contributed by atoms with Gasteiger partial charge in [0.1, 0.15) is 5.82 Å². The molecule has 0 aliphatic rings. The van der Waals surface area contributed by atoms with Crippen molar-refractivity contribution in [1.29, 1.82) is 0 Å². The van der Waals surface area contributed by atoms with Crippen molar-refractivity contribution in [2.24, 2.45) is 5.92 Å². The number of hydrogen-bond donors (Lipinski definition) is 2. The molecule has 1 amide bonds. The van der Waals surface area contributed by atoms with Crippen molar-refractivity contribution in [3.05, 3.63) is 24.8 Å². The molecule has 1 aromatic rings. The summed E-state index contributed by atoms with van der Waals surface area (Å²) < 4.78 is 0. The lowest BCUT2D eigenvalue weighted by Gasteiger charge is -2.06. The monoisotopic (exact) mass is 234 g/mol. The van der Waals surface area contributed by atoms with Gasteiger partial charge >= 0.3 is 0 Å². The summed E-state index contributed by atoms with van der Waals surface area (Å²) in [5.74, 6) is 1.42. The molecule has 0 aliphatic carbocycles. The van der Waals surface area contributed by atoms with E-state index in [9.17, 15) is 4.79 Å². The molecule has 0 saturated carbocycles. The molecule has 0 aromatic carbocycles. The van der Waals surface area contributed by atoms with Crippen molar-refractivity contribution in [2.75, 3.05) is 17.2 Å². The van der Waals surface area contributed by atoms with E-state index in [2.05, 4.69) is 27.4 Å². The van der Waals surface area contributed by atoms with Crippen LogP contribution in [0.4, 0.5) is 11.6 Å². The molecule has 1 rings (SSSR count). The van der Waals surface area contributed by atoms with Gasteiger partial charge in [0.15, 0.2) is 5.82 Å². The molecule has 0 spiro atoms. The van der Waals surface area contributed by atoms with E-state index in [0.29, 0.717) is 30.5 Å². The molecule has 0 saturated heterocycles. The van der Waals surface area contributed by atoms with Crippen LogP contribution in [0.15, 0.2) is 24.8 Å². The van der Waals surface area contributed by atoms with Crippen LogP contribution in [0.5, 0.6) is 0 Å². The lowest BCUT2D eigenvalue weighted by atomic mass is 10.1. The van der Waals surface area contributed by atoms with Crippen molar-refractivity contribution in [1.82, 2.24) is 10.2 Å². The van der Waals surface area contributed by atoms with E-state index in [1.165, 1.54) is 0 Å². The van der Waals surface area contributed by atoms with E-state index in [1.54, 1.807) is 18.2 Å². The highest BCUT2D eigenvalue weighted by molar-refractivity contribution is 5.89. The third-order valence-corrected chi connectivity index (χ3v) is 1.95. The van der Waals surface area contributed by atoms with Gasteiger partial charge in [-0.25, -0.2) is 0 Å². The van der Waals surface area contributed by atoms with E-state index >= 15 is 0 Å². The van der Waals surface area contributed by atoms with Gasteiger partial charge in [-0.3, -0.25) is 4.79 Å². The Morgan fingerprint density at radius 3 is 2.59 bits per heavy atom. The fourth-order valence-electron chi connectivity index (χ4n) is 1.23. The second-order valence-corrected chi connectivity index (χ2v) is 4.12. The van der Waals surface area contributed by atoms with Crippen molar-refractivity contribution < 1.29 is 4.79 Å². The Labute approximate surface area is 101 Å². The molecular formula is C12H18N4O. The number of aromatic nitrogens is 2. The summed E-state index contributed by atoms with van der Waals surface area (Å²) in [5.41, 5.74) is 0. The van der Waals surface area contributed by atoms with E-state index in [0.717, 1.165) is 0 Å². The van der Waals surface area contributed by atoms with Crippen molar-refractivity contribution >= 4 is 17.5 Å². The van der Waals surface area contributed by atoms with Gasteiger partial charge in [-0.15, -0.1) is 16.8 Å². The summed E-state index contributed by atoms with van der Waals surface area (Å²) in [7, 11) is 0. The fraction of sp³-hybridized carbons (Fsp3) is 0.417.